The minimum absolute atomic E-state index is 0.000487. The first-order valence-corrected chi connectivity index (χ1v) is 6.60. The lowest BCUT2D eigenvalue weighted by molar-refractivity contribution is -0.0326. The second-order valence-electron chi connectivity index (χ2n) is 2.55. The first-order chi connectivity index (χ1) is 6.87. The topological polar surface area (TPSA) is 24.1 Å². The van der Waals surface area contributed by atoms with Crippen molar-refractivity contribution in [3.63, 3.8) is 0 Å². The Kier molecular flexibility index (Phi) is 7.76. The molecule has 0 aromatic heterocycles. The highest BCUT2D eigenvalue weighted by Crippen LogP contribution is 2.30. The third-order valence-corrected chi connectivity index (χ3v) is 4.11. The van der Waals surface area contributed by atoms with Gasteiger partial charge in [-0.1, -0.05) is 24.0 Å². The molecule has 8 heteroatoms. The first-order valence-electron chi connectivity index (χ1n) is 4.15. The zero-order valence-electron chi connectivity index (χ0n) is 8.35. The maximum Gasteiger partial charge on any atom is 0.441 e. The predicted octanol–water partition coefficient (Wildman–Crippen LogP) is 2.41. The van der Waals surface area contributed by atoms with Crippen LogP contribution in [0, 0.1) is 0 Å². The number of halogens is 3. The summed E-state index contributed by atoms with van der Waals surface area (Å²) in [5.41, 5.74) is 1.28. The first kappa shape index (κ1) is 15.3. The fourth-order valence-electron chi connectivity index (χ4n) is 0.683. The van der Waals surface area contributed by atoms with Crippen molar-refractivity contribution in [3.05, 3.63) is 0 Å². The van der Waals surface area contributed by atoms with Gasteiger partial charge in [-0.25, -0.2) is 5.43 Å². The van der Waals surface area contributed by atoms with Crippen molar-refractivity contribution in [2.75, 3.05) is 18.6 Å². The third kappa shape index (κ3) is 9.28. The van der Waals surface area contributed by atoms with E-state index in [1.165, 1.54) is 11.8 Å². The number of rotatable bonds is 6. The summed E-state index contributed by atoms with van der Waals surface area (Å²) in [7, 11) is 1.68. The molecule has 90 valence electrons. The molecular weight excluding hydrogens is 265 g/mol. The Hall–Kier alpha value is 0.340. The molecule has 1 atom stereocenters. The van der Waals surface area contributed by atoms with Gasteiger partial charge in [-0.15, -0.1) is 0 Å². The van der Waals surface area contributed by atoms with Crippen molar-refractivity contribution >= 4 is 40.7 Å². The van der Waals surface area contributed by atoms with Crippen LogP contribution in [-0.4, -0.2) is 34.3 Å². The SMILES string of the molecule is CNNC(=S)C(C)SCCSC(F)(F)F. The van der Waals surface area contributed by atoms with Crippen LogP contribution in [0.4, 0.5) is 13.2 Å². The smallest absolute Gasteiger partial charge is 0.315 e. The predicted molar refractivity (Wildman–Crippen MR) is 65.2 cm³/mol. The standard InChI is InChI=1S/C7H13F3N2S3/c1-5(6(13)12-11-2)14-3-4-15-7(8,9)10/h5,11H,3-4H2,1-2H3,(H,12,13). The van der Waals surface area contributed by atoms with Crippen LogP contribution in [0.3, 0.4) is 0 Å². The Bertz CT molecular complexity index is 198. The van der Waals surface area contributed by atoms with E-state index in [0.29, 0.717) is 10.7 Å². The lowest BCUT2D eigenvalue weighted by Gasteiger charge is -2.13. The minimum Gasteiger partial charge on any atom is -0.315 e. The molecule has 0 bridgehead atoms. The van der Waals surface area contributed by atoms with Gasteiger partial charge < -0.3 is 5.43 Å². The third-order valence-electron chi connectivity index (χ3n) is 1.33. The second-order valence-corrected chi connectivity index (χ2v) is 5.59. The van der Waals surface area contributed by atoms with Crippen molar-refractivity contribution in [3.8, 4) is 0 Å². The van der Waals surface area contributed by atoms with Crippen LogP contribution in [0.1, 0.15) is 6.92 Å². The van der Waals surface area contributed by atoms with E-state index in [1.807, 2.05) is 6.92 Å². The van der Waals surface area contributed by atoms with Crippen LogP contribution in [0.5, 0.6) is 0 Å². The largest absolute Gasteiger partial charge is 0.441 e. The van der Waals surface area contributed by atoms with E-state index in [0.717, 1.165) is 0 Å². The van der Waals surface area contributed by atoms with E-state index < -0.39 is 5.51 Å². The minimum atomic E-state index is -4.13. The average Bonchev–Trinajstić information content (AvgIpc) is 2.11. The van der Waals surface area contributed by atoms with Crippen molar-refractivity contribution < 1.29 is 13.2 Å². The lowest BCUT2D eigenvalue weighted by Crippen LogP contribution is -2.37. The molecule has 0 amide bonds. The Balaban J connectivity index is 3.55. The van der Waals surface area contributed by atoms with E-state index in [-0.39, 0.29) is 22.8 Å². The highest BCUT2D eigenvalue weighted by Gasteiger charge is 2.27. The van der Waals surface area contributed by atoms with Crippen molar-refractivity contribution in [1.82, 2.24) is 10.9 Å². The number of nitrogens with one attached hydrogen (secondary N) is 2. The summed E-state index contributed by atoms with van der Waals surface area (Å²) in [6.45, 7) is 1.86. The van der Waals surface area contributed by atoms with Crippen LogP contribution in [0.15, 0.2) is 0 Å². The number of alkyl halides is 3. The lowest BCUT2D eigenvalue weighted by atomic mass is 10.5. The summed E-state index contributed by atoms with van der Waals surface area (Å²) in [6, 6.07) is 0. The highest BCUT2D eigenvalue weighted by molar-refractivity contribution is 8.04. The molecule has 2 nitrogen and oxygen atoms in total. The molecule has 0 spiro atoms. The molecule has 15 heavy (non-hydrogen) atoms. The van der Waals surface area contributed by atoms with Crippen LogP contribution < -0.4 is 10.9 Å². The number of thioether (sulfide) groups is 2. The van der Waals surface area contributed by atoms with Gasteiger partial charge in [-0.2, -0.15) is 24.9 Å². The van der Waals surface area contributed by atoms with Crippen LogP contribution in [0.2, 0.25) is 0 Å². The van der Waals surface area contributed by atoms with Crippen LogP contribution in [-0.2, 0) is 0 Å². The summed E-state index contributed by atoms with van der Waals surface area (Å²) in [5.74, 6) is 0.484. The van der Waals surface area contributed by atoms with Gasteiger partial charge in [0.1, 0.15) is 4.99 Å². The van der Waals surface area contributed by atoms with Gasteiger partial charge in [0.05, 0.1) is 5.25 Å². The molecule has 0 rings (SSSR count). The molecule has 0 fully saturated rings. The average molecular weight is 278 g/mol. The molecule has 2 N–H and O–H groups in total. The zero-order valence-corrected chi connectivity index (χ0v) is 10.8. The van der Waals surface area contributed by atoms with E-state index in [4.69, 9.17) is 12.2 Å². The zero-order chi connectivity index (χ0) is 11.9. The van der Waals surface area contributed by atoms with E-state index in [2.05, 4.69) is 10.9 Å². The molecule has 0 heterocycles. The fourth-order valence-corrected chi connectivity index (χ4v) is 2.50. The summed E-state index contributed by atoms with van der Waals surface area (Å²) >= 11 is 6.38. The van der Waals surface area contributed by atoms with Crippen LogP contribution in [0.25, 0.3) is 0 Å². The molecule has 0 radical (unpaired) electrons. The van der Waals surface area contributed by atoms with Crippen LogP contribution >= 0.6 is 35.7 Å². The molecular formula is C7H13F3N2S3. The summed E-state index contributed by atoms with van der Waals surface area (Å²) < 4.78 is 35.3. The van der Waals surface area contributed by atoms with Gasteiger partial charge in [0, 0.05) is 18.6 Å². The Morgan fingerprint density at radius 3 is 2.47 bits per heavy atom. The summed E-state index contributed by atoms with van der Waals surface area (Å²) in [4.78, 5) is 0.597. The number of hydrogen-bond acceptors (Lipinski definition) is 4. The number of hydrogen-bond donors (Lipinski definition) is 2. The second kappa shape index (κ2) is 7.59. The van der Waals surface area contributed by atoms with E-state index >= 15 is 0 Å². The molecule has 0 aromatic carbocycles. The van der Waals surface area contributed by atoms with Gasteiger partial charge in [0.15, 0.2) is 0 Å². The molecule has 0 aliphatic rings. The Morgan fingerprint density at radius 1 is 1.40 bits per heavy atom. The van der Waals surface area contributed by atoms with Gasteiger partial charge in [0.25, 0.3) is 0 Å². The van der Waals surface area contributed by atoms with Gasteiger partial charge in [-0.05, 0) is 6.92 Å². The highest BCUT2D eigenvalue weighted by atomic mass is 32.2. The van der Waals surface area contributed by atoms with E-state index in [1.54, 1.807) is 7.05 Å². The monoisotopic (exact) mass is 278 g/mol. The molecule has 0 aliphatic carbocycles. The van der Waals surface area contributed by atoms with Gasteiger partial charge in [0.2, 0.25) is 0 Å². The molecule has 1 unspecified atom stereocenters. The number of hydrazine groups is 1. The van der Waals surface area contributed by atoms with Crippen molar-refractivity contribution in [2.24, 2.45) is 0 Å². The molecule has 0 saturated carbocycles. The normalized spacial score (nSPS) is 13.7. The Labute approximate surface area is 101 Å². The Morgan fingerprint density at radius 2 is 2.00 bits per heavy atom. The quantitative estimate of drug-likeness (QED) is 0.441. The van der Waals surface area contributed by atoms with Gasteiger partial charge >= 0.3 is 5.51 Å². The molecule has 0 saturated heterocycles. The summed E-state index contributed by atoms with van der Waals surface area (Å²) in [6.07, 6.45) is 0. The van der Waals surface area contributed by atoms with E-state index in [9.17, 15) is 13.2 Å². The van der Waals surface area contributed by atoms with Gasteiger partial charge in [-0.3, -0.25) is 0 Å². The number of thiocarbonyl (C=S) groups is 1. The summed E-state index contributed by atoms with van der Waals surface area (Å²) in [5, 5.41) is 0.0151. The fraction of sp³-hybridized carbons (Fsp3) is 0.857. The van der Waals surface area contributed by atoms with Crippen molar-refractivity contribution in [1.29, 1.82) is 0 Å². The molecule has 0 aliphatic heterocycles. The maximum atomic E-state index is 11.8. The molecule has 0 aromatic rings. The maximum absolute atomic E-state index is 11.8. The van der Waals surface area contributed by atoms with Crippen molar-refractivity contribution in [2.45, 2.75) is 17.7 Å².